The minimum Gasteiger partial charge on any atom is -0.578 e. The minimum absolute atomic E-state index is 0. The zero-order chi connectivity index (χ0) is 36.1. The van der Waals surface area contributed by atoms with E-state index in [4.69, 9.17) is 4.12 Å². The highest BCUT2D eigenvalue weighted by atomic mass is 30.1. The van der Waals surface area contributed by atoms with Crippen LogP contribution in [-0.2, 0) is 84.4 Å². The molecule has 0 saturated carbocycles. The standard InChI is InChI=1S/C6H18O19Si20.3CH4.H2/c1-44(2,3)25-26(7)27(8)28(9)29(10)30(11)31(12)32(13)33(14)34(15)35(16)36(17)37(18)38(19)39(20)40(21)41(22)42(23)43(24)45(4,5)6;;;;/h1-6H3;3*1H4;1H. The molecular weight excluding hydrogens is 974 g/mol. The molecule has 39 heteroatoms. The number of rotatable bonds is 20. The van der Waals surface area contributed by atoms with Gasteiger partial charge in [-0.15, -0.1) is 0 Å². The SMILES string of the molecule is C.C.C.C[Si](C)(C)O[Si](=O)[Si](=O)[Si](=O)[Si](=O)[Si](=O)[Si](=O)[Si](=O)[Si](=O)[Si](=O)[Si](=O)[Si](=O)[Si](=O)[Si](=O)[Si](=O)[Si](=O)[Si](=O)[Si](=O)[Si](=O)[Si](C)(C)C.[HH]. The largest absolute Gasteiger partial charge is 0.578 e. The summed E-state index contributed by atoms with van der Waals surface area (Å²) in [5.41, 5.74) is 0. The van der Waals surface area contributed by atoms with Gasteiger partial charge in [0.05, 0.1) is 0 Å². The predicted octanol–water partition coefficient (Wildman–Crippen LogP) is -4.17. The quantitative estimate of drug-likeness (QED) is 0.105. The molecule has 0 radical (unpaired) electrons. The molecule has 0 N–H and O–H groups in total. The fourth-order valence-corrected chi connectivity index (χ4v) is 217. The summed E-state index contributed by atoms with van der Waals surface area (Å²) in [5.74, 6) is 0. The molecule has 0 amide bonds. The highest BCUT2D eigenvalue weighted by molar-refractivity contribution is 7.82. The van der Waals surface area contributed by atoms with E-state index in [1.165, 1.54) is 39.3 Å². The first-order valence-corrected chi connectivity index (χ1v) is 61.7. The second-order valence-corrected chi connectivity index (χ2v) is 109. The summed E-state index contributed by atoms with van der Waals surface area (Å²) >= 11 is 0. The molecule has 0 fully saturated rings. The Balaban J connectivity index is -0.00000161. The smallest absolute Gasteiger partial charge is 0.532 e. The fraction of sp³-hybridized carbons (Fsp3) is 1.00. The van der Waals surface area contributed by atoms with Crippen molar-refractivity contribution in [2.24, 2.45) is 0 Å². The lowest BCUT2D eigenvalue weighted by atomic mass is 11.8. The Bertz CT molecular complexity index is 1660. The normalized spacial score (nSPS) is 10.0. The van der Waals surface area contributed by atoms with Crippen LogP contribution in [0.2, 0.25) is 39.3 Å². The highest BCUT2D eigenvalue weighted by Crippen LogP contribution is 2.02. The topological polar surface area (TPSA) is 316 Å². The van der Waals surface area contributed by atoms with E-state index in [9.17, 15) is 80.3 Å². The number of hydrogen-bond donors (Lipinski definition) is 0. The van der Waals surface area contributed by atoms with Gasteiger partial charge in [0, 0.05) is 1.43 Å². The third kappa shape index (κ3) is 15.3. The molecule has 0 aromatic carbocycles. The van der Waals surface area contributed by atoms with E-state index in [0.717, 1.165) is 0 Å². The average Bonchev–Trinajstić information content (AvgIpc) is 2.96. The van der Waals surface area contributed by atoms with Gasteiger partial charge in [0.25, 0.3) is 0 Å². The molecule has 48 heavy (non-hydrogen) atoms. The van der Waals surface area contributed by atoms with Crippen LogP contribution in [0.3, 0.4) is 0 Å². The van der Waals surface area contributed by atoms with Gasteiger partial charge in [-0.05, 0) is 19.6 Å². The Labute approximate surface area is 300 Å². The fourth-order valence-electron chi connectivity index (χ4n) is 2.30. The average molecular weight is 1010 g/mol. The highest BCUT2D eigenvalue weighted by Gasteiger charge is 2.56. The van der Waals surface area contributed by atoms with E-state index >= 15 is 0 Å². The maximum absolute atomic E-state index is 12.5. The minimum atomic E-state index is -4.35. The van der Waals surface area contributed by atoms with Crippen LogP contribution >= 0.6 is 0 Å². The van der Waals surface area contributed by atoms with E-state index in [0.29, 0.717) is 0 Å². The Morgan fingerprint density at radius 1 is 0.312 bits per heavy atom. The molecule has 0 unspecified atom stereocenters. The summed E-state index contributed by atoms with van der Waals surface area (Å²) < 4.78 is 228. The maximum Gasteiger partial charge on any atom is 0.532 e. The third-order valence-electron chi connectivity index (χ3n) is 4.57. The van der Waals surface area contributed by atoms with E-state index < -0.39 is 156 Å². The van der Waals surface area contributed by atoms with Gasteiger partial charge in [-0.3, -0.25) is 0 Å². The first-order chi connectivity index (χ1) is 20.1. The zero-order valence-corrected chi connectivity index (χ0v) is 43.8. The van der Waals surface area contributed by atoms with Crippen molar-refractivity contribution in [2.45, 2.75) is 61.6 Å². The van der Waals surface area contributed by atoms with Gasteiger partial charge in [0.1, 0.15) is 7.59 Å². The molecule has 0 atom stereocenters. The molecule has 262 valence electrons. The summed E-state index contributed by atoms with van der Waals surface area (Å²) in [4.78, 5) is 0. The molecule has 19 nitrogen and oxygen atoms in total. The van der Waals surface area contributed by atoms with Gasteiger partial charge in [-0.1, -0.05) is 41.9 Å². The molecule has 0 aliphatic rings. The molecule has 0 aliphatic heterocycles. The lowest BCUT2D eigenvalue weighted by molar-refractivity contribution is 0.462. The van der Waals surface area contributed by atoms with Crippen molar-refractivity contribution in [2.75, 3.05) is 0 Å². The molecule has 0 aliphatic carbocycles. The summed E-state index contributed by atoms with van der Waals surface area (Å²) in [6, 6.07) is 0. The van der Waals surface area contributed by atoms with Crippen LogP contribution < -0.4 is 0 Å². The predicted molar refractivity (Wildman–Crippen MR) is 186 cm³/mol. The van der Waals surface area contributed by atoms with Gasteiger partial charge in [-0.25, -0.2) is 0 Å². The van der Waals surface area contributed by atoms with Gasteiger partial charge < -0.3 is 84.4 Å². The van der Waals surface area contributed by atoms with Crippen molar-refractivity contribution in [3.8, 4) is 0 Å². The summed E-state index contributed by atoms with van der Waals surface area (Å²) in [5, 5.41) is 0. The van der Waals surface area contributed by atoms with Crippen LogP contribution in [0.5, 0.6) is 0 Å². The van der Waals surface area contributed by atoms with Crippen molar-refractivity contribution >= 4 is 156 Å². The van der Waals surface area contributed by atoms with Crippen molar-refractivity contribution < 1.29 is 85.9 Å². The van der Waals surface area contributed by atoms with E-state index in [-0.39, 0.29) is 23.7 Å². The number of hydrogen-bond acceptors (Lipinski definition) is 19. The summed E-state index contributed by atoms with van der Waals surface area (Å²) in [6.45, 7) is 9.13. The molecule has 0 saturated heterocycles. The lowest BCUT2D eigenvalue weighted by Gasteiger charge is -2.16. The Kier molecular flexibility index (Phi) is 26.0. The van der Waals surface area contributed by atoms with Crippen LogP contribution in [-0.4, -0.2) is 156 Å². The van der Waals surface area contributed by atoms with Crippen LogP contribution in [0.25, 0.3) is 0 Å². The van der Waals surface area contributed by atoms with Crippen molar-refractivity contribution in [3.05, 3.63) is 0 Å². The van der Waals surface area contributed by atoms with Gasteiger partial charge in [0.2, 0.25) is 8.32 Å². The van der Waals surface area contributed by atoms with E-state index in [2.05, 4.69) is 0 Å². The molecule has 0 rings (SSSR count). The van der Waals surface area contributed by atoms with Crippen molar-refractivity contribution in [3.63, 3.8) is 0 Å². The molecule has 0 heterocycles. The van der Waals surface area contributed by atoms with E-state index in [1.807, 2.05) is 0 Å². The second kappa shape index (κ2) is 22.6. The van der Waals surface area contributed by atoms with Crippen molar-refractivity contribution in [1.82, 2.24) is 0 Å². The first-order valence-electron chi connectivity index (χ1n) is 11.6. The molecular formula is C9H32O19Si20. The Morgan fingerprint density at radius 3 is 0.646 bits per heavy atom. The Hall–Kier alpha value is 0.538. The monoisotopic (exact) mass is 1000 g/mol. The van der Waals surface area contributed by atoms with Crippen LogP contribution in [0.4, 0.5) is 0 Å². The summed E-state index contributed by atoms with van der Waals surface area (Å²) in [6.07, 6.45) is 0. The first kappa shape index (κ1) is 55.3. The van der Waals surface area contributed by atoms with Gasteiger partial charge >= 0.3 is 140 Å². The van der Waals surface area contributed by atoms with Crippen molar-refractivity contribution in [1.29, 1.82) is 0 Å². The molecule has 0 spiro atoms. The molecule has 0 aromatic heterocycles. The zero-order valence-electron chi connectivity index (χ0n) is 23.8. The lowest BCUT2D eigenvalue weighted by Crippen LogP contribution is -2.57. The molecule has 0 aromatic rings. The van der Waals surface area contributed by atoms with Gasteiger partial charge in [-0.2, -0.15) is 0 Å². The van der Waals surface area contributed by atoms with Gasteiger partial charge in [0.15, 0.2) is 0 Å². The second-order valence-electron chi connectivity index (χ2n) is 10.3. The molecule has 0 bridgehead atoms. The van der Waals surface area contributed by atoms with Crippen LogP contribution in [0, 0.1) is 0 Å². The van der Waals surface area contributed by atoms with Crippen LogP contribution in [0.15, 0.2) is 0 Å². The van der Waals surface area contributed by atoms with E-state index in [1.54, 1.807) is 0 Å². The summed E-state index contributed by atoms with van der Waals surface area (Å²) in [7, 11) is -77.7. The van der Waals surface area contributed by atoms with Crippen LogP contribution in [0.1, 0.15) is 23.7 Å². The maximum atomic E-state index is 12.5. The third-order valence-corrected chi connectivity index (χ3v) is 152. The Morgan fingerprint density at radius 2 is 0.479 bits per heavy atom.